The smallest absolute Gasteiger partial charge is 0.108 e. The van der Waals surface area contributed by atoms with Crippen LogP contribution < -0.4 is 5.43 Å². The van der Waals surface area contributed by atoms with Crippen molar-refractivity contribution < 1.29 is 0 Å². The number of benzene rings is 2. The highest BCUT2D eigenvalue weighted by Gasteiger charge is 1.91. The molecule has 4 heteroatoms. The molecule has 0 aromatic heterocycles. The largest absolute Gasteiger partial charge is 0.279 e. The number of para-hydroxylation sites is 1. The summed E-state index contributed by atoms with van der Waals surface area (Å²) in [4.78, 5) is 10.2. The van der Waals surface area contributed by atoms with Gasteiger partial charge in [0.05, 0.1) is 11.9 Å². The lowest BCUT2D eigenvalue weighted by atomic mass is 10.2. The molecule has 2 aromatic carbocycles. The minimum absolute atomic E-state index is 0.415. The second-order valence-corrected chi connectivity index (χ2v) is 3.42. The number of hydrazone groups is 1. The fraction of sp³-hybridized carbons (Fsp3) is 0. The van der Waals surface area contributed by atoms with Crippen LogP contribution in [0, 0.1) is 4.91 Å². The van der Waals surface area contributed by atoms with Gasteiger partial charge in [0.15, 0.2) is 0 Å². The van der Waals surface area contributed by atoms with Crippen molar-refractivity contribution in [2.24, 2.45) is 10.3 Å². The van der Waals surface area contributed by atoms with E-state index in [0.717, 1.165) is 11.3 Å². The summed E-state index contributed by atoms with van der Waals surface area (Å²) in [7, 11) is 0. The molecule has 0 saturated carbocycles. The van der Waals surface area contributed by atoms with Crippen LogP contribution in [0.15, 0.2) is 64.9 Å². The van der Waals surface area contributed by atoms with E-state index in [1.807, 2.05) is 30.3 Å². The number of hydrogen-bond donors (Lipinski definition) is 1. The van der Waals surface area contributed by atoms with Crippen molar-refractivity contribution >= 4 is 17.6 Å². The molecule has 0 spiro atoms. The zero-order valence-electron chi connectivity index (χ0n) is 9.08. The number of nitroso groups, excluding NO2 is 1. The molecule has 1 N–H and O–H groups in total. The van der Waals surface area contributed by atoms with E-state index in [4.69, 9.17) is 0 Å². The predicted octanol–water partition coefficient (Wildman–Crippen LogP) is 3.53. The number of anilines is 1. The molecule has 0 aliphatic heterocycles. The molecule has 0 amide bonds. The maximum Gasteiger partial charge on any atom is 0.108 e. The summed E-state index contributed by atoms with van der Waals surface area (Å²) >= 11 is 0. The van der Waals surface area contributed by atoms with Crippen LogP contribution in [0.3, 0.4) is 0 Å². The summed E-state index contributed by atoms with van der Waals surface area (Å²) in [5.74, 6) is 0. The molecule has 0 radical (unpaired) electrons. The van der Waals surface area contributed by atoms with Crippen molar-refractivity contribution in [3.05, 3.63) is 65.1 Å². The van der Waals surface area contributed by atoms with Crippen LogP contribution in [0.4, 0.5) is 11.4 Å². The maximum atomic E-state index is 10.2. The van der Waals surface area contributed by atoms with Gasteiger partial charge in [-0.15, -0.1) is 4.91 Å². The monoisotopic (exact) mass is 225 g/mol. The first-order valence-corrected chi connectivity index (χ1v) is 5.16. The first kappa shape index (κ1) is 11.0. The Labute approximate surface area is 99.0 Å². The molecule has 84 valence electrons. The highest BCUT2D eigenvalue weighted by molar-refractivity contribution is 5.80. The van der Waals surface area contributed by atoms with E-state index >= 15 is 0 Å². The van der Waals surface area contributed by atoms with Crippen molar-refractivity contribution in [2.45, 2.75) is 0 Å². The van der Waals surface area contributed by atoms with Gasteiger partial charge in [-0.05, 0) is 35.0 Å². The van der Waals surface area contributed by atoms with E-state index in [9.17, 15) is 4.91 Å². The number of rotatable bonds is 4. The lowest BCUT2D eigenvalue weighted by molar-refractivity contribution is 1.35. The fourth-order valence-corrected chi connectivity index (χ4v) is 1.32. The summed E-state index contributed by atoms with van der Waals surface area (Å²) in [6, 6.07) is 16.5. The topological polar surface area (TPSA) is 53.8 Å². The standard InChI is InChI=1S/C13H11N3O/c17-16-13-8-6-11(7-9-13)10-14-15-12-4-2-1-3-5-12/h1-10,15H/b14-10+. The summed E-state index contributed by atoms with van der Waals surface area (Å²) in [6.45, 7) is 0. The molecule has 2 rings (SSSR count). The minimum Gasteiger partial charge on any atom is -0.279 e. The lowest BCUT2D eigenvalue weighted by Gasteiger charge is -1.98. The molecule has 0 unspecified atom stereocenters. The van der Waals surface area contributed by atoms with Gasteiger partial charge in [0.25, 0.3) is 0 Å². The van der Waals surface area contributed by atoms with E-state index in [1.54, 1.807) is 30.5 Å². The Morgan fingerprint density at radius 1 is 0.941 bits per heavy atom. The van der Waals surface area contributed by atoms with E-state index in [0.29, 0.717) is 5.69 Å². The summed E-state index contributed by atoms with van der Waals surface area (Å²) < 4.78 is 0. The van der Waals surface area contributed by atoms with Crippen LogP contribution in [0.25, 0.3) is 0 Å². The Kier molecular flexibility index (Phi) is 3.60. The number of nitrogens with zero attached hydrogens (tertiary/aromatic N) is 2. The van der Waals surface area contributed by atoms with Crippen LogP contribution in [-0.4, -0.2) is 6.21 Å². The number of nitrogens with one attached hydrogen (secondary N) is 1. The molecular formula is C13H11N3O. The van der Waals surface area contributed by atoms with Crippen molar-refractivity contribution in [1.29, 1.82) is 0 Å². The van der Waals surface area contributed by atoms with Crippen LogP contribution in [0.2, 0.25) is 0 Å². The quantitative estimate of drug-likeness (QED) is 0.491. The average molecular weight is 225 g/mol. The summed E-state index contributed by atoms with van der Waals surface area (Å²) in [5, 5.41) is 6.91. The Hall–Kier alpha value is -2.49. The molecule has 0 fully saturated rings. The van der Waals surface area contributed by atoms with Crippen LogP contribution >= 0.6 is 0 Å². The SMILES string of the molecule is O=Nc1ccc(/C=N/Nc2ccccc2)cc1. The molecule has 2 aromatic rings. The van der Waals surface area contributed by atoms with Crippen molar-refractivity contribution in [1.82, 2.24) is 0 Å². The van der Waals surface area contributed by atoms with Gasteiger partial charge in [0.2, 0.25) is 0 Å². The Morgan fingerprint density at radius 2 is 1.65 bits per heavy atom. The van der Waals surface area contributed by atoms with Gasteiger partial charge in [-0.3, -0.25) is 5.43 Å². The zero-order valence-corrected chi connectivity index (χ0v) is 9.08. The lowest BCUT2D eigenvalue weighted by Crippen LogP contribution is -1.89. The van der Waals surface area contributed by atoms with Gasteiger partial charge >= 0.3 is 0 Å². The molecule has 0 aliphatic carbocycles. The Morgan fingerprint density at radius 3 is 2.29 bits per heavy atom. The van der Waals surface area contributed by atoms with E-state index < -0.39 is 0 Å². The second-order valence-electron chi connectivity index (χ2n) is 3.42. The molecule has 0 atom stereocenters. The maximum absolute atomic E-state index is 10.2. The molecule has 0 saturated heterocycles. The number of hydrogen-bond acceptors (Lipinski definition) is 4. The zero-order chi connectivity index (χ0) is 11.9. The molecule has 4 nitrogen and oxygen atoms in total. The second kappa shape index (κ2) is 5.55. The molecule has 0 bridgehead atoms. The van der Waals surface area contributed by atoms with Crippen LogP contribution in [-0.2, 0) is 0 Å². The van der Waals surface area contributed by atoms with Crippen LogP contribution in [0.1, 0.15) is 5.56 Å². The highest BCUT2D eigenvalue weighted by Crippen LogP contribution is 2.11. The third-order valence-corrected chi connectivity index (χ3v) is 2.18. The molecule has 0 heterocycles. The molecule has 17 heavy (non-hydrogen) atoms. The van der Waals surface area contributed by atoms with Crippen LogP contribution in [0.5, 0.6) is 0 Å². The van der Waals surface area contributed by atoms with Crippen molar-refractivity contribution in [2.75, 3.05) is 5.43 Å². The third kappa shape index (κ3) is 3.24. The van der Waals surface area contributed by atoms with Crippen molar-refractivity contribution in [3.63, 3.8) is 0 Å². The van der Waals surface area contributed by atoms with Gasteiger partial charge in [-0.2, -0.15) is 5.10 Å². The van der Waals surface area contributed by atoms with Gasteiger partial charge in [-0.1, -0.05) is 30.3 Å². The Bertz CT molecular complexity index is 506. The predicted molar refractivity (Wildman–Crippen MR) is 69.6 cm³/mol. The molecular weight excluding hydrogens is 214 g/mol. The van der Waals surface area contributed by atoms with Crippen molar-refractivity contribution in [3.8, 4) is 0 Å². The van der Waals surface area contributed by atoms with E-state index in [-0.39, 0.29) is 0 Å². The van der Waals surface area contributed by atoms with Gasteiger partial charge in [0.1, 0.15) is 5.69 Å². The highest BCUT2D eigenvalue weighted by atomic mass is 16.3. The first-order valence-electron chi connectivity index (χ1n) is 5.16. The minimum atomic E-state index is 0.415. The van der Waals surface area contributed by atoms with Gasteiger partial charge in [0, 0.05) is 0 Å². The van der Waals surface area contributed by atoms with Gasteiger partial charge in [-0.25, -0.2) is 0 Å². The third-order valence-electron chi connectivity index (χ3n) is 2.18. The summed E-state index contributed by atoms with van der Waals surface area (Å²) in [5.41, 5.74) is 5.15. The molecule has 0 aliphatic rings. The average Bonchev–Trinajstić information content (AvgIpc) is 2.41. The fourth-order valence-electron chi connectivity index (χ4n) is 1.32. The summed E-state index contributed by atoms with van der Waals surface area (Å²) in [6.07, 6.45) is 1.68. The Balaban J connectivity index is 1.98. The van der Waals surface area contributed by atoms with Gasteiger partial charge < -0.3 is 0 Å². The van der Waals surface area contributed by atoms with E-state index in [2.05, 4.69) is 15.7 Å². The van der Waals surface area contributed by atoms with E-state index in [1.165, 1.54) is 0 Å². The normalized spacial score (nSPS) is 10.4. The first-order chi connectivity index (χ1) is 8.38.